The second kappa shape index (κ2) is 9.39. The maximum absolute atomic E-state index is 12.1. The van der Waals surface area contributed by atoms with Crippen LogP contribution in [-0.4, -0.2) is 62.4 Å². The number of ether oxygens (including phenoxy) is 2. The lowest BCUT2D eigenvalue weighted by Crippen LogP contribution is -2.40. The topological polar surface area (TPSA) is 59.1 Å². The Kier molecular flexibility index (Phi) is 7.21. The number of hydrazine groups is 1. The zero-order valence-corrected chi connectivity index (χ0v) is 14.5. The number of carbonyl (C=O) groups excluding carboxylic acids is 2. The first-order valence-electron chi connectivity index (χ1n) is 8.37. The predicted octanol–water partition coefficient (Wildman–Crippen LogP) is 1.89. The number of rotatable bonds is 9. The van der Waals surface area contributed by atoms with Crippen LogP contribution in [0, 0.1) is 0 Å². The normalized spacial score (nSPS) is 15.1. The molecule has 1 aliphatic heterocycles. The first-order valence-corrected chi connectivity index (χ1v) is 8.37. The molecule has 1 aliphatic rings. The van der Waals surface area contributed by atoms with Crippen molar-refractivity contribution in [3.63, 3.8) is 0 Å². The summed E-state index contributed by atoms with van der Waals surface area (Å²) in [5.74, 6) is -0.147. The van der Waals surface area contributed by atoms with Crippen molar-refractivity contribution in [2.24, 2.45) is 0 Å². The van der Waals surface area contributed by atoms with Crippen molar-refractivity contribution in [2.45, 2.75) is 25.7 Å². The molecule has 0 N–H and O–H groups in total. The molecule has 0 spiro atoms. The molecule has 132 valence electrons. The molecule has 1 aromatic carbocycles. The highest BCUT2D eigenvalue weighted by Gasteiger charge is 2.27. The van der Waals surface area contributed by atoms with Gasteiger partial charge in [0.25, 0.3) is 0 Å². The van der Waals surface area contributed by atoms with Gasteiger partial charge in [-0.15, -0.1) is 0 Å². The Balaban J connectivity index is 1.84. The Morgan fingerprint density at radius 3 is 2.54 bits per heavy atom. The molecule has 6 heteroatoms. The molecular formula is C18H26N2O4. The summed E-state index contributed by atoms with van der Waals surface area (Å²) in [7, 11) is 3.08. The SMILES string of the molecule is COCCCCN1CCC(=O)N1CCc1ccc(C(=O)OC)cc1. The number of methoxy groups -OCH3 is 2. The van der Waals surface area contributed by atoms with Crippen LogP contribution >= 0.6 is 0 Å². The maximum Gasteiger partial charge on any atom is 0.337 e. The van der Waals surface area contributed by atoms with Gasteiger partial charge in [-0.1, -0.05) is 12.1 Å². The number of benzene rings is 1. The molecule has 1 heterocycles. The molecule has 0 atom stereocenters. The lowest BCUT2D eigenvalue weighted by atomic mass is 10.1. The monoisotopic (exact) mass is 334 g/mol. The summed E-state index contributed by atoms with van der Waals surface area (Å²) < 4.78 is 9.76. The van der Waals surface area contributed by atoms with Gasteiger partial charge in [0.2, 0.25) is 5.91 Å². The molecule has 6 nitrogen and oxygen atoms in total. The third-order valence-electron chi connectivity index (χ3n) is 4.22. The third kappa shape index (κ3) is 5.04. The first-order chi connectivity index (χ1) is 11.7. The average molecular weight is 334 g/mol. The standard InChI is InChI=1S/C18H26N2O4/c1-23-14-4-3-11-19-12-10-17(21)20(19)13-9-15-5-7-16(8-6-15)18(22)24-2/h5-8H,3-4,9-14H2,1-2H3. The number of amides is 1. The van der Waals surface area contributed by atoms with E-state index in [1.165, 1.54) is 7.11 Å². The third-order valence-corrected chi connectivity index (χ3v) is 4.22. The zero-order chi connectivity index (χ0) is 17.4. The van der Waals surface area contributed by atoms with Crippen LogP contribution < -0.4 is 0 Å². The fraction of sp³-hybridized carbons (Fsp3) is 0.556. The van der Waals surface area contributed by atoms with Crippen LogP contribution in [0.15, 0.2) is 24.3 Å². The minimum absolute atomic E-state index is 0.188. The van der Waals surface area contributed by atoms with Crippen molar-refractivity contribution in [2.75, 3.05) is 40.5 Å². The molecule has 1 aromatic rings. The maximum atomic E-state index is 12.1. The Hall–Kier alpha value is -1.92. The van der Waals surface area contributed by atoms with Crippen LogP contribution in [0.25, 0.3) is 0 Å². The fourth-order valence-electron chi connectivity index (χ4n) is 2.83. The molecular weight excluding hydrogens is 308 g/mol. The van der Waals surface area contributed by atoms with E-state index >= 15 is 0 Å². The lowest BCUT2D eigenvalue weighted by molar-refractivity contribution is -0.137. The van der Waals surface area contributed by atoms with Crippen molar-refractivity contribution in [1.82, 2.24) is 10.0 Å². The van der Waals surface area contributed by atoms with Crippen molar-refractivity contribution < 1.29 is 19.1 Å². The van der Waals surface area contributed by atoms with E-state index < -0.39 is 0 Å². The molecule has 2 rings (SSSR count). The fourth-order valence-corrected chi connectivity index (χ4v) is 2.83. The highest BCUT2D eigenvalue weighted by atomic mass is 16.5. The van der Waals surface area contributed by atoms with E-state index in [0.29, 0.717) is 18.5 Å². The Bertz CT molecular complexity index is 544. The smallest absolute Gasteiger partial charge is 0.337 e. The number of carbonyl (C=O) groups is 2. The number of nitrogens with zero attached hydrogens (tertiary/aromatic N) is 2. The minimum Gasteiger partial charge on any atom is -0.465 e. The van der Waals surface area contributed by atoms with Gasteiger partial charge in [0.1, 0.15) is 0 Å². The molecule has 0 saturated carbocycles. The van der Waals surface area contributed by atoms with Crippen molar-refractivity contribution in [3.8, 4) is 0 Å². The van der Waals surface area contributed by atoms with Gasteiger partial charge in [0.15, 0.2) is 0 Å². The van der Waals surface area contributed by atoms with Crippen LogP contribution in [0.2, 0.25) is 0 Å². The zero-order valence-electron chi connectivity index (χ0n) is 14.5. The Morgan fingerprint density at radius 2 is 1.88 bits per heavy atom. The van der Waals surface area contributed by atoms with Crippen LogP contribution in [0.5, 0.6) is 0 Å². The van der Waals surface area contributed by atoms with E-state index in [-0.39, 0.29) is 11.9 Å². The van der Waals surface area contributed by atoms with E-state index in [2.05, 4.69) is 5.01 Å². The number of unbranched alkanes of at least 4 members (excludes halogenated alkanes) is 1. The van der Waals surface area contributed by atoms with Gasteiger partial charge in [-0.3, -0.25) is 9.80 Å². The Morgan fingerprint density at radius 1 is 1.12 bits per heavy atom. The van der Waals surface area contributed by atoms with E-state index in [9.17, 15) is 9.59 Å². The highest BCUT2D eigenvalue weighted by molar-refractivity contribution is 5.89. The van der Waals surface area contributed by atoms with Gasteiger partial charge in [0, 0.05) is 39.8 Å². The van der Waals surface area contributed by atoms with Crippen molar-refractivity contribution >= 4 is 11.9 Å². The van der Waals surface area contributed by atoms with Crippen LogP contribution in [0.4, 0.5) is 0 Å². The van der Waals surface area contributed by atoms with Gasteiger partial charge in [-0.25, -0.2) is 9.80 Å². The van der Waals surface area contributed by atoms with Gasteiger partial charge < -0.3 is 9.47 Å². The van der Waals surface area contributed by atoms with Crippen molar-refractivity contribution in [1.29, 1.82) is 0 Å². The molecule has 0 aliphatic carbocycles. The van der Waals surface area contributed by atoms with Crippen LogP contribution in [-0.2, 0) is 20.7 Å². The largest absolute Gasteiger partial charge is 0.465 e. The van der Waals surface area contributed by atoms with Crippen molar-refractivity contribution in [3.05, 3.63) is 35.4 Å². The lowest BCUT2D eigenvalue weighted by Gasteiger charge is -2.28. The average Bonchev–Trinajstić information content (AvgIpc) is 2.96. The Labute approximate surface area is 143 Å². The quantitative estimate of drug-likeness (QED) is 0.510. The summed E-state index contributed by atoms with van der Waals surface area (Å²) in [6, 6.07) is 7.34. The van der Waals surface area contributed by atoms with E-state index in [1.807, 2.05) is 17.1 Å². The summed E-state index contributed by atoms with van der Waals surface area (Å²) in [6.07, 6.45) is 3.38. The van der Waals surface area contributed by atoms with E-state index in [1.54, 1.807) is 19.2 Å². The molecule has 1 fully saturated rings. The van der Waals surface area contributed by atoms with Gasteiger partial charge in [0.05, 0.1) is 12.7 Å². The summed E-state index contributed by atoms with van der Waals surface area (Å²) in [4.78, 5) is 23.5. The predicted molar refractivity (Wildman–Crippen MR) is 90.5 cm³/mol. The van der Waals surface area contributed by atoms with Gasteiger partial charge in [-0.2, -0.15) is 0 Å². The van der Waals surface area contributed by atoms with E-state index in [4.69, 9.17) is 9.47 Å². The second-order valence-electron chi connectivity index (χ2n) is 5.86. The molecule has 24 heavy (non-hydrogen) atoms. The molecule has 0 radical (unpaired) electrons. The molecule has 0 unspecified atom stereocenters. The van der Waals surface area contributed by atoms with Gasteiger partial charge >= 0.3 is 5.97 Å². The summed E-state index contributed by atoms with van der Waals surface area (Å²) >= 11 is 0. The number of esters is 1. The number of hydrogen-bond donors (Lipinski definition) is 0. The van der Waals surface area contributed by atoms with Gasteiger partial charge in [-0.05, 0) is 37.0 Å². The molecule has 1 saturated heterocycles. The van der Waals surface area contributed by atoms with Crippen LogP contribution in [0.3, 0.4) is 0 Å². The van der Waals surface area contributed by atoms with E-state index in [0.717, 1.165) is 44.5 Å². The van der Waals surface area contributed by atoms with Crippen LogP contribution in [0.1, 0.15) is 35.2 Å². The number of hydrogen-bond acceptors (Lipinski definition) is 5. The highest BCUT2D eigenvalue weighted by Crippen LogP contribution is 2.15. The summed E-state index contributed by atoms with van der Waals surface area (Å²) in [6.45, 7) is 3.11. The molecule has 0 aromatic heterocycles. The summed E-state index contributed by atoms with van der Waals surface area (Å²) in [5, 5.41) is 4.00. The molecule has 0 bridgehead atoms. The second-order valence-corrected chi connectivity index (χ2v) is 5.86. The minimum atomic E-state index is -0.335. The first kappa shape index (κ1) is 18.4. The summed E-state index contributed by atoms with van der Waals surface area (Å²) in [5.41, 5.74) is 1.64. The molecule has 1 amide bonds.